The van der Waals surface area contributed by atoms with E-state index in [0.717, 1.165) is 43.7 Å². The lowest BCUT2D eigenvalue weighted by Gasteiger charge is -2.31. The molecule has 1 N–H and O–H groups in total. The minimum atomic E-state index is 0.0204. The minimum Gasteiger partial charge on any atom is -0.493 e. The smallest absolute Gasteiger partial charge is 0.223 e. The van der Waals surface area contributed by atoms with Crippen LogP contribution in [-0.2, 0) is 11.2 Å². The van der Waals surface area contributed by atoms with E-state index >= 15 is 0 Å². The maximum atomic E-state index is 12.6. The van der Waals surface area contributed by atoms with Crippen molar-refractivity contribution in [3.8, 4) is 23.0 Å². The van der Waals surface area contributed by atoms with Crippen LogP contribution in [0.25, 0.3) is 11.5 Å². The van der Waals surface area contributed by atoms with E-state index in [1.807, 2.05) is 42.5 Å². The molecule has 0 atom stereocenters. The number of ether oxygens (including phenoxy) is 2. The van der Waals surface area contributed by atoms with Gasteiger partial charge < -0.3 is 24.1 Å². The molecule has 1 aliphatic rings. The van der Waals surface area contributed by atoms with E-state index in [0.29, 0.717) is 29.5 Å². The van der Waals surface area contributed by atoms with E-state index in [4.69, 9.17) is 13.9 Å². The van der Waals surface area contributed by atoms with Crippen molar-refractivity contribution in [2.24, 2.45) is 5.92 Å². The molecule has 1 saturated heterocycles. The number of aromatic nitrogens is 2. The monoisotopic (exact) mass is 436 g/mol. The first-order valence-corrected chi connectivity index (χ1v) is 10.8. The number of nitrogens with one attached hydrogen (secondary N) is 1. The highest BCUT2D eigenvalue weighted by Crippen LogP contribution is 2.28. The summed E-state index contributed by atoms with van der Waals surface area (Å²) in [6.45, 7) is 2.15. The second-order valence-corrected chi connectivity index (χ2v) is 7.75. The van der Waals surface area contributed by atoms with Gasteiger partial charge in [0.1, 0.15) is 5.69 Å². The van der Waals surface area contributed by atoms with Gasteiger partial charge in [-0.15, -0.1) is 10.2 Å². The Morgan fingerprint density at radius 3 is 2.56 bits per heavy atom. The van der Waals surface area contributed by atoms with E-state index in [2.05, 4.69) is 20.4 Å². The van der Waals surface area contributed by atoms with Crippen LogP contribution in [0.2, 0.25) is 0 Å². The molecule has 1 amide bonds. The summed E-state index contributed by atoms with van der Waals surface area (Å²) in [7, 11) is 3.24. The molecular formula is C24H28N4O4. The van der Waals surface area contributed by atoms with Gasteiger partial charge in [-0.3, -0.25) is 4.79 Å². The first-order valence-electron chi connectivity index (χ1n) is 10.8. The molecule has 0 unspecified atom stereocenters. The van der Waals surface area contributed by atoms with Gasteiger partial charge in [0.2, 0.25) is 5.91 Å². The Hall–Kier alpha value is -3.55. The van der Waals surface area contributed by atoms with Crippen molar-refractivity contribution in [1.82, 2.24) is 15.5 Å². The molecule has 0 saturated carbocycles. The number of methoxy groups -OCH3 is 2. The van der Waals surface area contributed by atoms with Crippen LogP contribution in [0.4, 0.5) is 5.82 Å². The van der Waals surface area contributed by atoms with Crippen molar-refractivity contribution in [1.29, 1.82) is 0 Å². The number of anilines is 1. The SMILES string of the molecule is COc1ccc(CCNC(=O)C2CCN(c3ccc(-c4ccco4)nn3)CC2)cc1OC. The summed E-state index contributed by atoms with van der Waals surface area (Å²) < 4.78 is 16.0. The lowest BCUT2D eigenvalue weighted by atomic mass is 9.96. The van der Waals surface area contributed by atoms with Crippen molar-refractivity contribution in [3.05, 3.63) is 54.3 Å². The maximum Gasteiger partial charge on any atom is 0.223 e. The van der Waals surface area contributed by atoms with Crippen molar-refractivity contribution in [2.75, 3.05) is 38.8 Å². The molecule has 0 spiro atoms. The Bertz CT molecular complexity index is 1010. The lowest BCUT2D eigenvalue weighted by molar-refractivity contribution is -0.125. The standard InChI is InChI=1S/C24H28N4O4/c1-30-21-7-5-17(16-22(21)31-2)9-12-25-24(29)18-10-13-28(14-11-18)23-8-6-19(26-27-23)20-4-3-15-32-20/h3-8,15-16,18H,9-14H2,1-2H3,(H,25,29). The van der Waals surface area contributed by atoms with Gasteiger partial charge in [0.05, 0.1) is 20.5 Å². The van der Waals surface area contributed by atoms with Crippen molar-refractivity contribution >= 4 is 11.7 Å². The third-order valence-electron chi connectivity index (χ3n) is 5.77. The summed E-state index contributed by atoms with van der Waals surface area (Å²) in [4.78, 5) is 14.8. The van der Waals surface area contributed by atoms with E-state index in [-0.39, 0.29) is 11.8 Å². The van der Waals surface area contributed by atoms with Crippen LogP contribution in [0, 0.1) is 5.92 Å². The summed E-state index contributed by atoms with van der Waals surface area (Å²) in [5, 5.41) is 11.7. The molecule has 0 aliphatic carbocycles. The highest BCUT2D eigenvalue weighted by Gasteiger charge is 2.25. The zero-order chi connectivity index (χ0) is 22.3. The zero-order valence-electron chi connectivity index (χ0n) is 18.4. The Kier molecular flexibility index (Phi) is 6.89. The number of carbonyl (C=O) groups excluding carboxylic acids is 1. The number of furan rings is 1. The summed E-state index contributed by atoms with van der Waals surface area (Å²) >= 11 is 0. The number of nitrogens with zero attached hydrogens (tertiary/aromatic N) is 3. The summed E-state index contributed by atoms with van der Waals surface area (Å²) in [5.74, 6) is 3.06. The summed E-state index contributed by atoms with van der Waals surface area (Å²) in [6, 6.07) is 13.4. The molecule has 8 heteroatoms. The molecule has 2 aromatic heterocycles. The quantitative estimate of drug-likeness (QED) is 0.579. The van der Waals surface area contributed by atoms with Crippen LogP contribution in [0.15, 0.2) is 53.1 Å². The highest BCUT2D eigenvalue weighted by atomic mass is 16.5. The number of amides is 1. The molecule has 1 aliphatic heterocycles. The third kappa shape index (κ3) is 5.01. The molecular weight excluding hydrogens is 408 g/mol. The predicted octanol–water partition coefficient (Wildman–Crippen LogP) is 3.33. The number of rotatable bonds is 8. The second kappa shape index (κ2) is 10.2. The molecule has 0 bridgehead atoms. The molecule has 32 heavy (non-hydrogen) atoms. The fraction of sp³-hybridized carbons (Fsp3) is 0.375. The highest BCUT2D eigenvalue weighted by molar-refractivity contribution is 5.79. The van der Waals surface area contributed by atoms with Crippen molar-refractivity contribution in [2.45, 2.75) is 19.3 Å². The van der Waals surface area contributed by atoms with Gasteiger partial charge in [-0.25, -0.2) is 0 Å². The van der Waals surface area contributed by atoms with E-state index in [1.165, 1.54) is 0 Å². The van der Waals surface area contributed by atoms with Crippen molar-refractivity contribution in [3.63, 3.8) is 0 Å². The Morgan fingerprint density at radius 2 is 1.91 bits per heavy atom. The van der Waals surface area contributed by atoms with Gasteiger partial charge in [0, 0.05) is 25.6 Å². The van der Waals surface area contributed by atoms with Gasteiger partial charge in [-0.1, -0.05) is 6.07 Å². The van der Waals surface area contributed by atoms with E-state index in [9.17, 15) is 4.79 Å². The van der Waals surface area contributed by atoms with Crippen LogP contribution in [0.5, 0.6) is 11.5 Å². The molecule has 4 rings (SSSR count). The van der Waals surface area contributed by atoms with E-state index in [1.54, 1.807) is 20.5 Å². The Balaban J connectivity index is 1.23. The van der Waals surface area contributed by atoms with Gasteiger partial charge in [-0.2, -0.15) is 0 Å². The molecule has 3 aromatic rings. The predicted molar refractivity (Wildman–Crippen MR) is 121 cm³/mol. The number of benzene rings is 1. The molecule has 8 nitrogen and oxygen atoms in total. The van der Waals surface area contributed by atoms with Crippen LogP contribution in [0.3, 0.4) is 0 Å². The van der Waals surface area contributed by atoms with Crippen LogP contribution in [-0.4, -0.2) is 50.0 Å². The maximum absolute atomic E-state index is 12.6. The second-order valence-electron chi connectivity index (χ2n) is 7.75. The lowest BCUT2D eigenvalue weighted by Crippen LogP contribution is -2.41. The first-order chi connectivity index (χ1) is 15.7. The summed E-state index contributed by atoms with van der Waals surface area (Å²) in [6.07, 6.45) is 3.95. The minimum absolute atomic E-state index is 0.0204. The average Bonchev–Trinajstić information content (AvgIpc) is 3.39. The zero-order valence-corrected chi connectivity index (χ0v) is 18.4. The number of hydrogen-bond donors (Lipinski definition) is 1. The largest absolute Gasteiger partial charge is 0.493 e. The summed E-state index contributed by atoms with van der Waals surface area (Å²) in [5.41, 5.74) is 1.80. The Labute approximate surface area is 187 Å². The normalized spacial score (nSPS) is 14.2. The topological polar surface area (TPSA) is 89.7 Å². The van der Waals surface area contributed by atoms with E-state index < -0.39 is 0 Å². The van der Waals surface area contributed by atoms with Crippen molar-refractivity contribution < 1.29 is 18.7 Å². The molecule has 1 aromatic carbocycles. The average molecular weight is 437 g/mol. The van der Waals surface area contributed by atoms with Crippen LogP contribution in [0.1, 0.15) is 18.4 Å². The number of hydrogen-bond acceptors (Lipinski definition) is 7. The van der Waals surface area contributed by atoms with Gasteiger partial charge in [0.15, 0.2) is 23.1 Å². The fourth-order valence-electron chi connectivity index (χ4n) is 3.93. The molecule has 1 fully saturated rings. The van der Waals surface area contributed by atoms with Crippen LogP contribution < -0.4 is 19.7 Å². The number of piperidine rings is 1. The van der Waals surface area contributed by atoms with Gasteiger partial charge >= 0.3 is 0 Å². The van der Waals surface area contributed by atoms with Crippen LogP contribution >= 0.6 is 0 Å². The Morgan fingerprint density at radius 1 is 1.09 bits per heavy atom. The number of carbonyl (C=O) groups is 1. The molecule has 168 valence electrons. The molecule has 3 heterocycles. The fourth-order valence-corrected chi connectivity index (χ4v) is 3.93. The van der Waals surface area contributed by atoms with Gasteiger partial charge in [0.25, 0.3) is 0 Å². The molecule has 0 radical (unpaired) electrons. The van der Waals surface area contributed by atoms with Gasteiger partial charge in [-0.05, 0) is 61.2 Å². The first kappa shape index (κ1) is 21.7. The third-order valence-corrected chi connectivity index (χ3v) is 5.77.